The van der Waals surface area contributed by atoms with Gasteiger partial charge >= 0.3 is 12.2 Å². The number of imidazole rings is 1. The van der Waals surface area contributed by atoms with Gasteiger partial charge in [-0.2, -0.15) is 4.90 Å². The summed E-state index contributed by atoms with van der Waals surface area (Å²) in [6, 6.07) is 7.73. The third kappa shape index (κ3) is 4.75. The highest BCUT2D eigenvalue weighted by atomic mass is 19.1. The highest BCUT2D eigenvalue weighted by molar-refractivity contribution is 6.13. The van der Waals surface area contributed by atoms with E-state index in [1.165, 1.54) is 39.0 Å². The molecular formula is C28H29FN6O4. The number of aromatic amines is 1. The summed E-state index contributed by atoms with van der Waals surface area (Å²) in [4.78, 5) is 42.8. The largest absolute Gasteiger partial charge is 0.452 e. The second kappa shape index (κ2) is 10.7. The van der Waals surface area contributed by atoms with Crippen LogP contribution in [-0.2, 0) is 9.47 Å². The highest BCUT2D eigenvalue weighted by Crippen LogP contribution is 2.47. The van der Waals surface area contributed by atoms with Crippen molar-refractivity contribution in [1.82, 2.24) is 19.9 Å². The van der Waals surface area contributed by atoms with Gasteiger partial charge in [-0.3, -0.25) is 0 Å². The summed E-state index contributed by atoms with van der Waals surface area (Å²) in [5.41, 5.74) is 4.90. The molecule has 1 unspecified atom stereocenters. The number of fused-ring (bicyclic) bond motifs is 1. The van der Waals surface area contributed by atoms with Gasteiger partial charge in [-0.1, -0.05) is 24.6 Å². The van der Waals surface area contributed by atoms with Crippen molar-refractivity contribution in [1.29, 1.82) is 0 Å². The Hall–Kier alpha value is -4.54. The molecule has 1 saturated carbocycles. The Balaban J connectivity index is 1.79. The molecule has 0 saturated heterocycles. The number of nitrogens with one attached hydrogen (secondary N) is 2. The lowest BCUT2D eigenvalue weighted by molar-refractivity contribution is 0.159. The molecule has 2 N–H and O–H groups in total. The molecule has 2 aromatic carbocycles. The van der Waals surface area contributed by atoms with Crippen molar-refractivity contribution in [2.75, 3.05) is 24.4 Å². The van der Waals surface area contributed by atoms with E-state index in [1.807, 2.05) is 13.8 Å². The fourth-order valence-corrected chi connectivity index (χ4v) is 5.12. The standard InChI is InChI=1S/C28H29FN6O4/c1-15-20(17-7-5-8-17)12-21(16(2)34-26-23-25(31-13-30-23)32-14-33-26)22(18-9-6-10-19(29)11-18)24(15)35(27(36)38-3)28(37)39-4/h6,9-14,16-17H,5,7-8H2,1-4H3,(H2,30,31,32,33,34). The van der Waals surface area contributed by atoms with Gasteiger partial charge in [0.25, 0.3) is 0 Å². The molecule has 11 heteroatoms. The van der Waals surface area contributed by atoms with E-state index in [0.29, 0.717) is 33.8 Å². The van der Waals surface area contributed by atoms with Crippen LogP contribution in [0.3, 0.4) is 0 Å². The molecule has 10 nitrogen and oxygen atoms in total. The van der Waals surface area contributed by atoms with Crippen LogP contribution in [0, 0.1) is 12.7 Å². The molecule has 1 atom stereocenters. The molecule has 2 amide bonds. The van der Waals surface area contributed by atoms with Crippen molar-refractivity contribution in [2.45, 2.75) is 45.1 Å². The summed E-state index contributed by atoms with van der Waals surface area (Å²) >= 11 is 0. The maximum atomic E-state index is 14.6. The minimum Gasteiger partial charge on any atom is -0.452 e. The first-order chi connectivity index (χ1) is 18.8. The molecule has 0 radical (unpaired) electrons. The summed E-state index contributed by atoms with van der Waals surface area (Å²) in [6.07, 6.45) is 4.20. The van der Waals surface area contributed by atoms with E-state index in [9.17, 15) is 14.0 Å². The Morgan fingerprint density at radius 2 is 1.87 bits per heavy atom. The summed E-state index contributed by atoms with van der Waals surface area (Å²) < 4.78 is 24.6. The van der Waals surface area contributed by atoms with E-state index >= 15 is 0 Å². The average molecular weight is 533 g/mol. The predicted octanol–water partition coefficient (Wildman–Crippen LogP) is 6.25. The zero-order chi connectivity index (χ0) is 27.7. The number of amides is 2. The van der Waals surface area contributed by atoms with Crippen molar-refractivity contribution in [3.63, 3.8) is 0 Å². The number of hydrogen-bond acceptors (Lipinski definition) is 8. The number of imide groups is 1. The lowest BCUT2D eigenvalue weighted by Gasteiger charge is -2.33. The summed E-state index contributed by atoms with van der Waals surface area (Å²) in [5, 5.41) is 3.42. The maximum Gasteiger partial charge on any atom is 0.423 e. The van der Waals surface area contributed by atoms with Crippen molar-refractivity contribution >= 4 is 34.9 Å². The molecule has 0 aliphatic heterocycles. The van der Waals surface area contributed by atoms with E-state index < -0.39 is 24.0 Å². The molecular weight excluding hydrogens is 503 g/mol. The van der Waals surface area contributed by atoms with E-state index in [2.05, 4.69) is 31.3 Å². The predicted molar refractivity (Wildman–Crippen MR) is 144 cm³/mol. The lowest BCUT2D eigenvalue weighted by atomic mass is 9.75. The molecule has 0 spiro atoms. The number of nitrogens with zero attached hydrogens (tertiary/aromatic N) is 4. The summed E-state index contributed by atoms with van der Waals surface area (Å²) in [5.74, 6) is 0.329. The van der Waals surface area contributed by atoms with Gasteiger partial charge in [-0.15, -0.1) is 0 Å². The van der Waals surface area contributed by atoms with Crippen molar-refractivity contribution in [3.8, 4) is 11.1 Å². The fraction of sp³-hybridized carbons (Fsp3) is 0.321. The van der Waals surface area contributed by atoms with Crippen molar-refractivity contribution in [2.24, 2.45) is 0 Å². The van der Waals surface area contributed by atoms with Crippen LogP contribution >= 0.6 is 0 Å². The molecule has 202 valence electrons. The highest BCUT2D eigenvalue weighted by Gasteiger charge is 2.35. The van der Waals surface area contributed by atoms with Crippen molar-refractivity contribution < 1.29 is 23.5 Å². The first kappa shape index (κ1) is 26.1. The van der Waals surface area contributed by atoms with Gasteiger partial charge in [0.15, 0.2) is 11.5 Å². The van der Waals surface area contributed by atoms with Gasteiger partial charge < -0.3 is 19.8 Å². The Labute approximate surface area is 224 Å². The molecule has 0 bridgehead atoms. The topological polar surface area (TPSA) is 122 Å². The first-order valence-corrected chi connectivity index (χ1v) is 12.6. The Morgan fingerprint density at radius 3 is 2.51 bits per heavy atom. The number of carbonyl (C=O) groups is 2. The quantitative estimate of drug-likeness (QED) is 0.299. The smallest absolute Gasteiger partial charge is 0.423 e. The van der Waals surface area contributed by atoms with E-state index in [1.54, 1.807) is 12.1 Å². The number of aromatic nitrogens is 4. The van der Waals surface area contributed by atoms with Crippen molar-refractivity contribution in [3.05, 3.63) is 65.5 Å². The van der Waals surface area contributed by atoms with Crippen LogP contribution in [0.5, 0.6) is 0 Å². The van der Waals surface area contributed by atoms with Crippen LogP contribution < -0.4 is 10.2 Å². The molecule has 2 aromatic heterocycles. The Kier molecular flexibility index (Phi) is 7.14. The van der Waals surface area contributed by atoms with Crippen LogP contribution in [0.15, 0.2) is 43.0 Å². The second-order valence-electron chi connectivity index (χ2n) is 9.51. The number of anilines is 2. The lowest BCUT2D eigenvalue weighted by Crippen LogP contribution is -2.38. The van der Waals surface area contributed by atoms with Gasteiger partial charge in [-0.25, -0.2) is 28.9 Å². The van der Waals surface area contributed by atoms with E-state index in [4.69, 9.17) is 9.47 Å². The molecule has 1 aliphatic carbocycles. The van der Waals surface area contributed by atoms with Gasteiger partial charge in [0.05, 0.1) is 32.3 Å². The van der Waals surface area contributed by atoms with E-state index in [0.717, 1.165) is 40.9 Å². The molecule has 1 fully saturated rings. The first-order valence-electron chi connectivity index (χ1n) is 12.6. The molecule has 2 heterocycles. The molecule has 5 rings (SSSR count). The number of H-pyrrole nitrogens is 1. The molecule has 39 heavy (non-hydrogen) atoms. The van der Waals surface area contributed by atoms with Crippen LogP contribution in [0.2, 0.25) is 0 Å². The monoisotopic (exact) mass is 532 g/mol. The maximum absolute atomic E-state index is 14.6. The number of carbonyl (C=O) groups excluding carboxylic acids is 2. The van der Waals surface area contributed by atoms with Gasteiger partial charge in [0.2, 0.25) is 0 Å². The Morgan fingerprint density at radius 1 is 1.13 bits per heavy atom. The van der Waals surface area contributed by atoms with Crippen LogP contribution in [0.4, 0.5) is 25.5 Å². The number of rotatable bonds is 6. The zero-order valence-corrected chi connectivity index (χ0v) is 22.1. The van der Waals surface area contributed by atoms with Crippen LogP contribution in [0.25, 0.3) is 22.3 Å². The number of hydrogen-bond donors (Lipinski definition) is 2. The van der Waals surface area contributed by atoms with E-state index in [-0.39, 0.29) is 5.92 Å². The van der Waals surface area contributed by atoms with Gasteiger partial charge in [0, 0.05) is 5.56 Å². The summed E-state index contributed by atoms with van der Waals surface area (Å²) in [6.45, 7) is 3.80. The molecule has 4 aromatic rings. The third-order valence-corrected chi connectivity index (χ3v) is 7.26. The van der Waals surface area contributed by atoms with Gasteiger partial charge in [-0.05, 0) is 67.0 Å². The normalized spacial score (nSPS) is 14.0. The third-order valence-electron chi connectivity index (χ3n) is 7.26. The summed E-state index contributed by atoms with van der Waals surface area (Å²) in [7, 11) is 2.39. The number of methoxy groups -OCH3 is 2. The average Bonchev–Trinajstić information content (AvgIpc) is 3.39. The minimum absolute atomic E-state index is 0.256. The van der Waals surface area contributed by atoms with Crippen LogP contribution in [0.1, 0.15) is 54.8 Å². The number of ether oxygens (including phenoxy) is 2. The minimum atomic E-state index is -0.908. The molecule has 1 aliphatic rings. The Bertz CT molecular complexity index is 1530. The number of halogens is 1. The number of benzene rings is 2. The fourth-order valence-electron chi connectivity index (χ4n) is 5.12. The SMILES string of the molecule is COC(=O)N(C(=O)OC)c1c(C)c(C2CCC2)cc(C(C)Nc2ncnc3nc[nH]c23)c1-c1cccc(F)c1. The second-order valence-corrected chi connectivity index (χ2v) is 9.51. The van der Waals surface area contributed by atoms with Gasteiger partial charge in [0.1, 0.15) is 17.7 Å². The van der Waals surface area contributed by atoms with Crippen LogP contribution in [-0.4, -0.2) is 46.3 Å². The zero-order valence-electron chi connectivity index (χ0n) is 22.1.